The average Bonchev–Trinajstić information content (AvgIpc) is 1.94. The first kappa shape index (κ1) is 11.4. The number of hydrogen-bond donors (Lipinski definition) is 1. The Balaban J connectivity index is 3.23. The van der Waals surface area contributed by atoms with E-state index in [1.165, 1.54) is 6.21 Å². The molecule has 0 aromatic heterocycles. The zero-order chi connectivity index (χ0) is 9.45. The second-order valence-corrected chi connectivity index (χ2v) is 4.05. The lowest BCUT2D eigenvalue weighted by Crippen LogP contribution is -2.23. The van der Waals surface area contributed by atoms with Crippen molar-refractivity contribution in [1.82, 2.24) is 4.72 Å². The minimum absolute atomic E-state index is 0.387. The summed E-state index contributed by atoms with van der Waals surface area (Å²) in [5, 5.41) is 3.50. The summed E-state index contributed by atoms with van der Waals surface area (Å²) in [4.78, 5) is 4.73. The Labute approximate surface area is 72.8 Å². The highest BCUT2D eigenvalue weighted by molar-refractivity contribution is 7.88. The topological polar surface area (TPSA) is 67.8 Å². The molecule has 0 radical (unpaired) electrons. The van der Waals surface area contributed by atoms with Crippen LogP contribution in [0.3, 0.4) is 0 Å². The van der Waals surface area contributed by atoms with Crippen LogP contribution in [0.15, 0.2) is 5.16 Å². The summed E-state index contributed by atoms with van der Waals surface area (Å²) in [6.45, 7) is 2.56. The molecule has 0 amide bonds. The van der Waals surface area contributed by atoms with Crippen LogP contribution in [0.5, 0.6) is 0 Å². The molecule has 0 rings (SSSR count). The molecule has 0 atom stereocenters. The fraction of sp³-hybridized carbons (Fsp3) is 0.833. The molecule has 1 N–H and O–H groups in total. The minimum Gasteiger partial charge on any atom is -0.396 e. The van der Waals surface area contributed by atoms with Gasteiger partial charge >= 0.3 is 0 Å². The van der Waals surface area contributed by atoms with Crippen molar-refractivity contribution in [3.05, 3.63) is 0 Å². The SMILES string of the molecule is CC=NOCCCNS(C)(=O)=O. The molecule has 6 heteroatoms. The number of nitrogens with one attached hydrogen (secondary N) is 1. The van der Waals surface area contributed by atoms with Gasteiger partial charge in [0.1, 0.15) is 6.61 Å². The summed E-state index contributed by atoms with van der Waals surface area (Å²) in [5.41, 5.74) is 0. The van der Waals surface area contributed by atoms with E-state index in [9.17, 15) is 8.42 Å². The molecule has 12 heavy (non-hydrogen) atoms. The molecule has 0 aliphatic heterocycles. The molecule has 0 aliphatic carbocycles. The van der Waals surface area contributed by atoms with Crippen LogP contribution in [0.25, 0.3) is 0 Å². The van der Waals surface area contributed by atoms with Gasteiger partial charge in [-0.1, -0.05) is 5.16 Å². The van der Waals surface area contributed by atoms with Crippen molar-refractivity contribution in [3.63, 3.8) is 0 Å². The zero-order valence-electron chi connectivity index (χ0n) is 7.28. The van der Waals surface area contributed by atoms with Gasteiger partial charge in [-0.15, -0.1) is 0 Å². The largest absolute Gasteiger partial charge is 0.396 e. The standard InChI is InChI=1S/C6H14N2O3S/c1-3-7-11-6-4-5-8-12(2,9)10/h3,8H,4-6H2,1-2H3. The first-order chi connectivity index (χ1) is 5.56. The highest BCUT2D eigenvalue weighted by Gasteiger charge is 1.97. The van der Waals surface area contributed by atoms with Crippen molar-refractivity contribution in [2.75, 3.05) is 19.4 Å². The summed E-state index contributed by atoms with van der Waals surface area (Å²) >= 11 is 0. The van der Waals surface area contributed by atoms with Crippen LogP contribution in [0.4, 0.5) is 0 Å². The molecular weight excluding hydrogens is 180 g/mol. The van der Waals surface area contributed by atoms with E-state index in [1.54, 1.807) is 6.92 Å². The number of hydrogen-bond acceptors (Lipinski definition) is 4. The lowest BCUT2D eigenvalue weighted by atomic mass is 10.5. The second-order valence-electron chi connectivity index (χ2n) is 2.22. The Bertz CT molecular complexity index is 223. The van der Waals surface area contributed by atoms with Crippen molar-refractivity contribution in [3.8, 4) is 0 Å². The van der Waals surface area contributed by atoms with E-state index in [0.717, 1.165) is 6.26 Å². The Kier molecular flexibility index (Phi) is 5.65. The van der Waals surface area contributed by atoms with Gasteiger partial charge in [0, 0.05) is 12.8 Å². The van der Waals surface area contributed by atoms with Gasteiger partial charge in [-0.3, -0.25) is 0 Å². The molecule has 0 unspecified atom stereocenters. The molecule has 5 nitrogen and oxygen atoms in total. The van der Waals surface area contributed by atoms with Crippen LogP contribution < -0.4 is 4.72 Å². The Morgan fingerprint density at radius 3 is 2.75 bits per heavy atom. The third kappa shape index (κ3) is 9.38. The van der Waals surface area contributed by atoms with Crippen LogP contribution >= 0.6 is 0 Å². The van der Waals surface area contributed by atoms with Gasteiger partial charge in [-0.05, 0) is 13.3 Å². The maximum Gasteiger partial charge on any atom is 0.208 e. The fourth-order valence-electron chi connectivity index (χ4n) is 0.522. The molecule has 0 aliphatic rings. The summed E-state index contributed by atoms with van der Waals surface area (Å²) in [5.74, 6) is 0. The highest BCUT2D eigenvalue weighted by atomic mass is 32.2. The molecule has 0 aromatic carbocycles. The van der Waals surface area contributed by atoms with Crippen molar-refractivity contribution in [2.45, 2.75) is 13.3 Å². The van der Waals surface area contributed by atoms with E-state index in [4.69, 9.17) is 4.84 Å². The number of sulfonamides is 1. The fourth-order valence-corrected chi connectivity index (χ4v) is 1.04. The van der Waals surface area contributed by atoms with E-state index in [0.29, 0.717) is 19.6 Å². The summed E-state index contributed by atoms with van der Waals surface area (Å²) in [6, 6.07) is 0. The molecule has 0 saturated carbocycles. The Hall–Kier alpha value is -0.620. The van der Waals surface area contributed by atoms with Gasteiger partial charge in [-0.25, -0.2) is 13.1 Å². The molecule has 0 aromatic rings. The maximum absolute atomic E-state index is 10.5. The first-order valence-electron chi connectivity index (χ1n) is 3.61. The summed E-state index contributed by atoms with van der Waals surface area (Å²) in [7, 11) is -3.06. The monoisotopic (exact) mass is 194 g/mol. The van der Waals surface area contributed by atoms with Gasteiger partial charge in [-0.2, -0.15) is 0 Å². The van der Waals surface area contributed by atoms with Crippen molar-refractivity contribution >= 4 is 16.2 Å². The lowest BCUT2D eigenvalue weighted by Gasteiger charge is -2.00. The summed E-state index contributed by atoms with van der Waals surface area (Å²) < 4.78 is 23.4. The van der Waals surface area contributed by atoms with Gasteiger partial charge in [0.15, 0.2) is 0 Å². The first-order valence-corrected chi connectivity index (χ1v) is 5.50. The molecule has 0 bridgehead atoms. The zero-order valence-corrected chi connectivity index (χ0v) is 8.10. The van der Waals surface area contributed by atoms with E-state index >= 15 is 0 Å². The van der Waals surface area contributed by atoms with Crippen molar-refractivity contribution in [2.24, 2.45) is 5.16 Å². The molecule has 0 spiro atoms. The van der Waals surface area contributed by atoms with E-state index in [2.05, 4.69) is 9.88 Å². The molecule has 0 fully saturated rings. The second kappa shape index (κ2) is 5.96. The van der Waals surface area contributed by atoms with E-state index in [-0.39, 0.29) is 0 Å². The minimum atomic E-state index is -3.06. The van der Waals surface area contributed by atoms with Gasteiger partial charge in [0.2, 0.25) is 10.0 Å². The molecular formula is C6H14N2O3S. The average molecular weight is 194 g/mol. The van der Waals surface area contributed by atoms with Crippen LogP contribution in [0.2, 0.25) is 0 Å². The predicted octanol–water partition coefficient (Wildman–Crippen LogP) is -0.0520. The quantitative estimate of drug-likeness (QED) is 0.366. The number of oxime groups is 1. The van der Waals surface area contributed by atoms with Gasteiger partial charge in [0.25, 0.3) is 0 Å². The third-order valence-corrected chi connectivity index (χ3v) is 1.69. The normalized spacial score (nSPS) is 12.2. The Morgan fingerprint density at radius 1 is 1.58 bits per heavy atom. The molecule has 0 heterocycles. The van der Waals surface area contributed by atoms with E-state index in [1.807, 2.05) is 0 Å². The van der Waals surface area contributed by atoms with Crippen LogP contribution in [0, 0.1) is 0 Å². The summed E-state index contributed by atoms with van der Waals surface area (Å²) in [6.07, 6.45) is 3.27. The third-order valence-electron chi connectivity index (χ3n) is 0.957. The predicted molar refractivity (Wildman–Crippen MR) is 47.6 cm³/mol. The smallest absolute Gasteiger partial charge is 0.208 e. The van der Waals surface area contributed by atoms with Gasteiger partial charge < -0.3 is 4.84 Å². The lowest BCUT2D eigenvalue weighted by molar-refractivity contribution is 0.144. The Morgan fingerprint density at radius 2 is 2.25 bits per heavy atom. The van der Waals surface area contributed by atoms with E-state index < -0.39 is 10.0 Å². The molecule has 72 valence electrons. The van der Waals surface area contributed by atoms with Crippen LogP contribution in [-0.4, -0.2) is 34.0 Å². The maximum atomic E-state index is 10.5. The van der Waals surface area contributed by atoms with Crippen molar-refractivity contribution < 1.29 is 13.3 Å². The van der Waals surface area contributed by atoms with Crippen molar-refractivity contribution in [1.29, 1.82) is 0 Å². The highest BCUT2D eigenvalue weighted by Crippen LogP contribution is 1.82. The number of rotatable bonds is 6. The van der Waals surface area contributed by atoms with Gasteiger partial charge in [0.05, 0.1) is 6.26 Å². The number of nitrogens with zero attached hydrogens (tertiary/aromatic N) is 1. The molecule has 0 saturated heterocycles. The van der Waals surface area contributed by atoms with Crippen LogP contribution in [-0.2, 0) is 14.9 Å². The van der Waals surface area contributed by atoms with Crippen LogP contribution in [0.1, 0.15) is 13.3 Å².